The molecular formula is C22H32N2O5. The van der Waals surface area contributed by atoms with E-state index in [1.54, 1.807) is 7.11 Å². The lowest BCUT2D eigenvalue weighted by atomic mass is 9.81. The van der Waals surface area contributed by atoms with Gasteiger partial charge in [0.05, 0.1) is 26.7 Å². The highest BCUT2D eigenvalue weighted by Gasteiger charge is 2.32. The predicted octanol–water partition coefficient (Wildman–Crippen LogP) is 1.90. The summed E-state index contributed by atoms with van der Waals surface area (Å²) in [6, 6.07) is 7.58. The molecule has 1 aromatic rings. The summed E-state index contributed by atoms with van der Waals surface area (Å²) in [5.41, 5.74) is 0.966. The van der Waals surface area contributed by atoms with Crippen LogP contribution in [0, 0.1) is 11.8 Å². The predicted molar refractivity (Wildman–Crippen MR) is 109 cm³/mol. The van der Waals surface area contributed by atoms with Crippen LogP contribution in [0.3, 0.4) is 0 Å². The molecule has 0 saturated carbocycles. The molecule has 0 radical (unpaired) electrons. The van der Waals surface area contributed by atoms with Gasteiger partial charge < -0.3 is 19.5 Å². The molecule has 2 unspecified atom stereocenters. The summed E-state index contributed by atoms with van der Waals surface area (Å²) in [5.74, 6) is 0.504. The molecule has 1 amide bonds. The largest absolute Gasteiger partial charge is 0.497 e. The second-order valence-corrected chi connectivity index (χ2v) is 8.01. The van der Waals surface area contributed by atoms with Crippen LogP contribution in [0.1, 0.15) is 24.8 Å². The van der Waals surface area contributed by atoms with Crippen LogP contribution in [0.4, 0.5) is 0 Å². The van der Waals surface area contributed by atoms with Crippen molar-refractivity contribution in [3.8, 4) is 5.75 Å². The lowest BCUT2D eigenvalue weighted by Crippen LogP contribution is -2.46. The summed E-state index contributed by atoms with van der Waals surface area (Å²) in [5, 5.41) is 9.30. The molecule has 1 aromatic carbocycles. The number of aliphatic carboxylic acids is 1. The molecule has 160 valence electrons. The van der Waals surface area contributed by atoms with Gasteiger partial charge >= 0.3 is 5.97 Å². The lowest BCUT2D eigenvalue weighted by Gasteiger charge is -2.39. The zero-order valence-corrected chi connectivity index (χ0v) is 17.2. The zero-order valence-electron chi connectivity index (χ0n) is 17.2. The summed E-state index contributed by atoms with van der Waals surface area (Å²) in [6.07, 6.45) is 2.23. The number of nitrogens with zero attached hydrogens (tertiary/aromatic N) is 2. The third kappa shape index (κ3) is 6.44. The Morgan fingerprint density at radius 1 is 1.14 bits per heavy atom. The lowest BCUT2D eigenvalue weighted by molar-refractivity contribution is -0.139. The number of hydrogen-bond acceptors (Lipinski definition) is 5. The van der Waals surface area contributed by atoms with Gasteiger partial charge in [0.15, 0.2) is 0 Å². The molecule has 2 aliphatic rings. The van der Waals surface area contributed by atoms with Gasteiger partial charge in [-0.25, -0.2) is 0 Å². The normalized spacial score (nSPS) is 23.0. The van der Waals surface area contributed by atoms with E-state index in [-0.39, 0.29) is 24.2 Å². The van der Waals surface area contributed by atoms with E-state index in [0.717, 1.165) is 57.0 Å². The van der Waals surface area contributed by atoms with Crippen LogP contribution in [0.25, 0.3) is 0 Å². The minimum absolute atomic E-state index is 0.111. The van der Waals surface area contributed by atoms with Crippen LogP contribution in [0.15, 0.2) is 24.3 Å². The smallest absolute Gasteiger partial charge is 0.303 e. The number of piperidine rings is 1. The van der Waals surface area contributed by atoms with Crippen molar-refractivity contribution in [3.05, 3.63) is 29.8 Å². The molecule has 2 fully saturated rings. The molecule has 7 heteroatoms. The van der Waals surface area contributed by atoms with Gasteiger partial charge in [-0.05, 0) is 48.9 Å². The van der Waals surface area contributed by atoms with Crippen LogP contribution in [0.2, 0.25) is 0 Å². The van der Waals surface area contributed by atoms with Crippen molar-refractivity contribution < 1.29 is 24.2 Å². The highest BCUT2D eigenvalue weighted by molar-refractivity contribution is 5.79. The van der Waals surface area contributed by atoms with Gasteiger partial charge in [-0.15, -0.1) is 0 Å². The Hall–Kier alpha value is -2.12. The molecule has 2 saturated heterocycles. The third-order valence-corrected chi connectivity index (χ3v) is 6.12. The van der Waals surface area contributed by atoms with Gasteiger partial charge in [0.2, 0.25) is 5.91 Å². The SMILES string of the molecule is COc1ccc(CC(=O)N2CCC(CC(=O)O)C(CCN3CCOCC3)C2)cc1. The van der Waals surface area contributed by atoms with E-state index in [9.17, 15) is 14.7 Å². The Morgan fingerprint density at radius 3 is 2.52 bits per heavy atom. The Morgan fingerprint density at radius 2 is 1.86 bits per heavy atom. The van der Waals surface area contributed by atoms with E-state index >= 15 is 0 Å². The molecule has 29 heavy (non-hydrogen) atoms. The van der Waals surface area contributed by atoms with Crippen molar-refractivity contribution in [1.82, 2.24) is 9.80 Å². The number of hydrogen-bond donors (Lipinski definition) is 1. The number of carbonyl (C=O) groups excluding carboxylic acids is 1. The molecule has 0 spiro atoms. The number of carboxylic acids is 1. The van der Waals surface area contributed by atoms with Crippen LogP contribution < -0.4 is 4.74 Å². The molecule has 1 N–H and O–H groups in total. The first-order chi connectivity index (χ1) is 14.0. The fourth-order valence-corrected chi connectivity index (χ4v) is 4.33. The fourth-order valence-electron chi connectivity index (χ4n) is 4.33. The average molecular weight is 405 g/mol. The van der Waals surface area contributed by atoms with E-state index < -0.39 is 5.97 Å². The van der Waals surface area contributed by atoms with E-state index in [1.807, 2.05) is 29.2 Å². The third-order valence-electron chi connectivity index (χ3n) is 6.12. The summed E-state index contributed by atoms with van der Waals surface area (Å²) in [7, 11) is 1.62. The Balaban J connectivity index is 1.57. The number of morpholine rings is 1. The number of amides is 1. The molecule has 2 heterocycles. The number of benzene rings is 1. The zero-order chi connectivity index (χ0) is 20.6. The number of ether oxygens (including phenoxy) is 2. The van der Waals surface area contributed by atoms with Crippen molar-refractivity contribution in [2.75, 3.05) is 53.0 Å². The Labute approximate surface area is 172 Å². The maximum atomic E-state index is 12.9. The molecule has 2 aliphatic heterocycles. The maximum absolute atomic E-state index is 12.9. The van der Waals surface area contributed by atoms with Gasteiger partial charge in [0.1, 0.15) is 5.75 Å². The minimum atomic E-state index is -0.746. The summed E-state index contributed by atoms with van der Waals surface area (Å²) in [4.78, 5) is 28.5. The molecule has 0 aliphatic carbocycles. The van der Waals surface area contributed by atoms with Crippen molar-refractivity contribution in [1.29, 1.82) is 0 Å². The number of carboxylic acid groups (broad SMARTS) is 1. The monoisotopic (exact) mass is 404 g/mol. The number of rotatable bonds is 8. The summed E-state index contributed by atoms with van der Waals surface area (Å²) >= 11 is 0. The van der Waals surface area contributed by atoms with Crippen LogP contribution in [-0.4, -0.2) is 79.8 Å². The van der Waals surface area contributed by atoms with Gasteiger partial charge in [-0.3, -0.25) is 14.5 Å². The Bertz CT molecular complexity index is 672. The first-order valence-corrected chi connectivity index (χ1v) is 10.5. The second kappa shape index (κ2) is 10.6. The highest BCUT2D eigenvalue weighted by Crippen LogP contribution is 2.30. The van der Waals surface area contributed by atoms with Crippen LogP contribution >= 0.6 is 0 Å². The number of likely N-dealkylation sites (tertiary alicyclic amines) is 1. The van der Waals surface area contributed by atoms with Gasteiger partial charge in [-0.2, -0.15) is 0 Å². The topological polar surface area (TPSA) is 79.3 Å². The minimum Gasteiger partial charge on any atom is -0.497 e. The van der Waals surface area contributed by atoms with Crippen molar-refractivity contribution in [2.45, 2.75) is 25.7 Å². The van der Waals surface area contributed by atoms with E-state index in [4.69, 9.17) is 9.47 Å². The first-order valence-electron chi connectivity index (χ1n) is 10.5. The second-order valence-electron chi connectivity index (χ2n) is 8.01. The first kappa shape index (κ1) is 21.6. The highest BCUT2D eigenvalue weighted by atomic mass is 16.5. The summed E-state index contributed by atoms with van der Waals surface area (Å²) in [6.45, 7) is 5.60. The van der Waals surface area contributed by atoms with Gasteiger partial charge in [-0.1, -0.05) is 12.1 Å². The van der Waals surface area contributed by atoms with Crippen molar-refractivity contribution in [3.63, 3.8) is 0 Å². The molecule has 3 rings (SSSR count). The van der Waals surface area contributed by atoms with E-state index in [0.29, 0.717) is 19.5 Å². The molecule has 0 bridgehead atoms. The van der Waals surface area contributed by atoms with Gasteiger partial charge in [0.25, 0.3) is 0 Å². The maximum Gasteiger partial charge on any atom is 0.303 e. The Kier molecular flexibility index (Phi) is 7.89. The van der Waals surface area contributed by atoms with Crippen molar-refractivity contribution >= 4 is 11.9 Å². The average Bonchev–Trinajstić information content (AvgIpc) is 2.74. The molecule has 7 nitrogen and oxygen atoms in total. The van der Waals surface area contributed by atoms with E-state index in [2.05, 4.69) is 4.90 Å². The molecule has 2 atom stereocenters. The number of methoxy groups -OCH3 is 1. The quantitative estimate of drug-likeness (QED) is 0.713. The molecule has 0 aromatic heterocycles. The molecular weight excluding hydrogens is 372 g/mol. The van der Waals surface area contributed by atoms with Crippen molar-refractivity contribution in [2.24, 2.45) is 11.8 Å². The fraction of sp³-hybridized carbons (Fsp3) is 0.636. The standard InChI is InChI=1S/C22H32N2O5/c1-28-20-4-2-17(3-5-20)14-21(25)24-9-7-18(15-22(26)27)19(16-24)6-8-23-10-12-29-13-11-23/h2-5,18-19H,6-16H2,1H3,(H,26,27). The van der Waals surface area contributed by atoms with E-state index in [1.165, 1.54) is 0 Å². The van der Waals surface area contributed by atoms with Crippen LogP contribution in [0.5, 0.6) is 5.75 Å². The van der Waals surface area contributed by atoms with Crippen LogP contribution in [-0.2, 0) is 20.7 Å². The van der Waals surface area contributed by atoms with Gasteiger partial charge in [0, 0.05) is 32.6 Å². The number of carbonyl (C=O) groups is 2. The summed E-state index contributed by atoms with van der Waals surface area (Å²) < 4.78 is 10.6.